The van der Waals surface area contributed by atoms with Gasteiger partial charge >= 0.3 is 0 Å². The van der Waals surface area contributed by atoms with Crippen LogP contribution in [0.4, 0.5) is 0 Å². The van der Waals surface area contributed by atoms with Gasteiger partial charge in [-0.15, -0.1) is 0 Å². The number of nitrogens with zero attached hydrogens (tertiary/aromatic N) is 2. The van der Waals surface area contributed by atoms with Crippen LogP contribution in [0.1, 0.15) is 16.1 Å². The molecule has 1 N–H and O–H groups in total. The van der Waals surface area contributed by atoms with Gasteiger partial charge in [-0.1, -0.05) is 48.5 Å². The Bertz CT molecular complexity index is 734. The van der Waals surface area contributed by atoms with Gasteiger partial charge in [0.05, 0.1) is 5.52 Å². The molecule has 20 heavy (non-hydrogen) atoms. The average Bonchev–Trinajstić information content (AvgIpc) is 2.91. The third kappa shape index (κ3) is 2.28. The van der Waals surface area contributed by atoms with Gasteiger partial charge in [0.1, 0.15) is 0 Å². The lowest BCUT2D eigenvalue weighted by Gasteiger charge is -2.16. The Morgan fingerprint density at radius 2 is 1.80 bits per heavy atom. The van der Waals surface area contributed by atoms with E-state index in [1.54, 1.807) is 11.9 Å². The molecule has 0 fully saturated rings. The molecule has 4 nitrogen and oxygen atoms in total. The van der Waals surface area contributed by atoms with Crippen LogP contribution in [-0.4, -0.2) is 28.1 Å². The summed E-state index contributed by atoms with van der Waals surface area (Å²) >= 11 is 0. The Hall–Kier alpha value is -2.62. The van der Waals surface area contributed by atoms with E-state index in [9.17, 15) is 4.79 Å². The van der Waals surface area contributed by atoms with Gasteiger partial charge in [0, 0.05) is 19.0 Å². The van der Waals surface area contributed by atoms with E-state index in [2.05, 4.69) is 10.2 Å². The van der Waals surface area contributed by atoms with E-state index in [0.717, 1.165) is 16.5 Å². The minimum absolute atomic E-state index is 0.0775. The fraction of sp³-hybridized carbons (Fsp3) is 0.125. The van der Waals surface area contributed by atoms with Crippen molar-refractivity contribution < 1.29 is 4.79 Å². The molecule has 0 bridgehead atoms. The lowest BCUT2D eigenvalue weighted by Crippen LogP contribution is -2.26. The average molecular weight is 265 g/mol. The first-order chi connectivity index (χ1) is 9.75. The van der Waals surface area contributed by atoms with Crippen molar-refractivity contribution in [3.8, 4) is 0 Å². The lowest BCUT2D eigenvalue weighted by atomic mass is 10.2. The Morgan fingerprint density at radius 3 is 2.60 bits per heavy atom. The number of H-pyrrole nitrogens is 1. The molecule has 2 aromatic carbocycles. The van der Waals surface area contributed by atoms with E-state index in [-0.39, 0.29) is 5.91 Å². The summed E-state index contributed by atoms with van der Waals surface area (Å²) in [7, 11) is 1.79. The molecule has 0 radical (unpaired) electrons. The number of aromatic nitrogens is 2. The summed E-state index contributed by atoms with van der Waals surface area (Å²) in [5.41, 5.74) is 2.45. The Balaban J connectivity index is 1.85. The molecule has 0 saturated carbocycles. The van der Waals surface area contributed by atoms with Crippen LogP contribution < -0.4 is 0 Å². The number of nitrogens with one attached hydrogen (secondary N) is 1. The largest absolute Gasteiger partial charge is 0.336 e. The summed E-state index contributed by atoms with van der Waals surface area (Å²) in [5, 5.41) is 7.89. The van der Waals surface area contributed by atoms with Crippen LogP contribution in [-0.2, 0) is 6.54 Å². The van der Waals surface area contributed by atoms with Crippen LogP contribution >= 0.6 is 0 Å². The first-order valence-electron chi connectivity index (χ1n) is 6.48. The van der Waals surface area contributed by atoms with Gasteiger partial charge in [-0.2, -0.15) is 5.10 Å². The van der Waals surface area contributed by atoms with Crippen LogP contribution in [0.2, 0.25) is 0 Å². The normalized spacial score (nSPS) is 10.7. The number of benzene rings is 2. The number of hydrogen-bond donors (Lipinski definition) is 1. The molecule has 0 atom stereocenters. The van der Waals surface area contributed by atoms with Crippen LogP contribution in [0, 0.1) is 0 Å². The third-order valence-electron chi connectivity index (χ3n) is 3.28. The van der Waals surface area contributed by atoms with E-state index in [0.29, 0.717) is 12.2 Å². The van der Waals surface area contributed by atoms with Gasteiger partial charge in [0.15, 0.2) is 5.69 Å². The Labute approximate surface area is 117 Å². The predicted octanol–water partition coefficient (Wildman–Crippen LogP) is 2.84. The van der Waals surface area contributed by atoms with E-state index in [1.165, 1.54) is 0 Å². The Morgan fingerprint density at radius 1 is 1.10 bits per heavy atom. The van der Waals surface area contributed by atoms with Gasteiger partial charge in [0.2, 0.25) is 0 Å². The van der Waals surface area contributed by atoms with Crippen molar-refractivity contribution in [3.05, 3.63) is 65.9 Å². The maximum Gasteiger partial charge on any atom is 0.275 e. The molecule has 0 spiro atoms. The fourth-order valence-corrected chi connectivity index (χ4v) is 2.24. The maximum absolute atomic E-state index is 12.5. The molecule has 100 valence electrons. The molecule has 1 amide bonds. The van der Waals surface area contributed by atoms with E-state index >= 15 is 0 Å². The molecule has 4 heteroatoms. The van der Waals surface area contributed by atoms with E-state index in [1.807, 2.05) is 54.6 Å². The summed E-state index contributed by atoms with van der Waals surface area (Å²) in [5.74, 6) is -0.0775. The predicted molar refractivity (Wildman–Crippen MR) is 78.3 cm³/mol. The number of rotatable bonds is 3. The number of amides is 1. The fourth-order valence-electron chi connectivity index (χ4n) is 2.24. The highest BCUT2D eigenvalue weighted by Gasteiger charge is 2.17. The van der Waals surface area contributed by atoms with Crippen LogP contribution in [0.25, 0.3) is 10.9 Å². The first kappa shape index (κ1) is 12.4. The quantitative estimate of drug-likeness (QED) is 0.791. The van der Waals surface area contributed by atoms with Gasteiger partial charge in [-0.3, -0.25) is 9.89 Å². The van der Waals surface area contributed by atoms with Crippen molar-refractivity contribution in [1.29, 1.82) is 0 Å². The lowest BCUT2D eigenvalue weighted by molar-refractivity contribution is 0.0781. The second kappa shape index (κ2) is 5.17. The number of fused-ring (bicyclic) bond motifs is 1. The summed E-state index contributed by atoms with van der Waals surface area (Å²) in [4.78, 5) is 14.1. The summed E-state index contributed by atoms with van der Waals surface area (Å²) in [6.07, 6.45) is 0. The summed E-state index contributed by atoms with van der Waals surface area (Å²) < 4.78 is 0. The van der Waals surface area contributed by atoms with Crippen LogP contribution in [0.5, 0.6) is 0 Å². The van der Waals surface area contributed by atoms with Gasteiger partial charge in [-0.25, -0.2) is 0 Å². The third-order valence-corrected chi connectivity index (χ3v) is 3.28. The molecule has 1 aromatic heterocycles. The highest BCUT2D eigenvalue weighted by molar-refractivity contribution is 6.04. The molecule has 3 aromatic rings. The standard InChI is InChI=1S/C16H15N3O/c1-19(11-12-7-3-2-4-8-12)16(20)15-13-9-5-6-10-14(13)17-18-15/h2-10H,11H2,1H3,(H,17,18). The molecular weight excluding hydrogens is 250 g/mol. The molecule has 3 rings (SSSR count). The molecule has 0 aliphatic heterocycles. The number of carbonyl (C=O) groups excluding carboxylic acids is 1. The second-order valence-electron chi connectivity index (χ2n) is 4.76. The molecule has 0 aliphatic rings. The number of carbonyl (C=O) groups is 1. The summed E-state index contributed by atoms with van der Waals surface area (Å²) in [6.45, 7) is 0.570. The monoisotopic (exact) mass is 265 g/mol. The van der Waals surface area contributed by atoms with Gasteiger partial charge < -0.3 is 4.90 Å². The number of hydrogen-bond acceptors (Lipinski definition) is 2. The van der Waals surface area contributed by atoms with Crippen molar-refractivity contribution in [2.75, 3.05) is 7.05 Å². The van der Waals surface area contributed by atoms with Crippen molar-refractivity contribution >= 4 is 16.8 Å². The van der Waals surface area contributed by atoms with E-state index < -0.39 is 0 Å². The zero-order valence-electron chi connectivity index (χ0n) is 11.2. The molecule has 0 saturated heterocycles. The highest BCUT2D eigenvalue weighted by Crippen LogP contribution is 2.17. The minimum atomic E-state index is -0.0775. The SMILES string of the molecule is CN(Cc1ccccc1)C(=O)c1n[nH]c2ccccc12. The van der Waals surface area contributed by atoms with Crippen LogP contribution in [0.3, 0.4) is 0 Å². The first-order valence-corrected chi connectivity index (χ1v) is 6.48. The molecule has 0 aliphatic carbocycles. The Kier molecular flexibility index (Phi) is 3.21. The number of para-hydroxylation sites is 1. The van der Waals surface area contributed by atoms with Crippen molar-refractivity contribution in [1.82, 2.24) is 15.1 Å². The van der Waals surface area contributed by atoms with Crippen molar-refractivity contribution in [2.45, 2.75) is 6.54 Å². The highest BCUT2D eigenvalue weighted by atomic mass is 16.2. The molecule has 0 unspecified atom stereocenters. The zero-order chi connectivity index (χ0) is 13.9. The van der Waals surface area contributed by atoms with Gasteiger partial charge in [0.25, 0.3) is 5.91 Å². The summed E-state index contributed by atoms with van der Waals surface area (Å²) in [6, 6.07) is 17.6. The second-order valence-corrected chi connectivity index (χ2v) is 4.76. The van der Waals surface area contributed by atoms with Gasteiger partial charge in [-0.05, 0) is 11.6 Å². The smallest absolute Gasteiger partial charge is 0.275 e. The van der Waals surface area contributed by atoms with E-state index in [4.69, 9.17) is 0 Å². The molecule has 1 heterocycles. The zero-order valence-corrected chi connectivity index (χ0v) is 11.2. The number of aromatic amines is 1. The molecular formula is C16H15N3O. The topological polar surface area (TPSA) is 49.0 Å². The maximum atomic E-state index is 12.5. The minimum Gasteiger partial charge on any atom is -0.336 e. The van der Waals surface area contributed by atoms with Crippen molar-refractivity contribution in [2.24, 2.45) is 0 Å². The van der Waals surface area contributed by atoms with Crippen molar-refractivity contribution in [3.63, 3.8) is 0 Å². The van der Waals surface area contributed by atoms with Crippen LogP contribution in [0.15, 0.2) is 54.6 Å².